The number of hydrogen-bond donors (Lipinski definition) is 0. The van der Waals surface area contributed by atoms with Gasteiger partial charge >= 0.3 is 0 Å². The molecule has 0 atom stereocenters. The van der Waals surface area contributed by atoms with Crippen LogP contribution in [0.2, 0.25) is 0 Å². The largest absolute Gasteiger partial charge is 0.495 e. The Balaban J connectivity index is 2.43. The molecule has 0 aliphatic heterocycles. The van der Waals surface area contributed by atoms with Gasteiger partial charge in [-0.15, -0.1) is 0 Å². The van der Waals surface area contributed by atoms with Crippen LogP contribution in [0.1, 0.15) is 19.2 Å². The smallest absolute Gasteiger partial charge is 0.155 e. The van der Waals surface area contributed by atoms with Crippen molar-refractivity contribution < 1.29 is 4.74 Å². The summed E-state index contributed by atoms with van der Waals surface area (Å²) in [4.78, 5) is 4.37. The highest BCUT2D eigenvalue weighted by Gasteiger charge is 2.02. The van der Waals surface area contributed by atoms with Gasteiger partial charge in [-0.1, -0.05) is 6.92 Å². The van der Waals surface area contributed by atoms with Crippen molar-refractivity contribution in [2.75, 3.05) is 7.11 Å². The number of fused-ring (bicyclic) bond motifs is 1. The third-order valence-electron chi connectivity index (χ3n) is 2.06. The van der Waals surface area contributed by atoms with Gasteiger partial charge in [0.05, 0.1) is 13.3 Å². The molecule has 0 radical (unpaired) electrons. The van der Waals surface area contributed by atoms with Gasteiger partial charge in [0.15, 0.2) is 11.5 Å². The lowest BCUT2D eigenvalue weighted by molar-refractivity contribution is 0.411. The fourth-order valence-electron chi connectivity index (χ4n) is 1.36. The molecule has 0 aromatic carbocycles. The maximum absolute atomic E-state index is 5.10. The third-order valence-corrected chi connectivity index (χ3v) is 2.06. The minimum Gasteiger partial charge on any atom is -0.495 e. The second-order valence-corrected chi connectivity index (χ2v) is 3.15. The molecule has 4 heteroatoms. The number of nitrogens with zero attached hydrogens (tertiary/aromatic N) is 3. The molecule has 0 N–H and O–H groups in total. The SMILES string of the molecule is CCCc1nc2ccc(OC)cn2n1. The molecule has 2 rings (SSSR count). The van der Waals surface area contributed by atoms with E-state index in [1.807, 2.05) is 18.3 Å². The van der Waals surface area contributed by atoms with Crippen LogP contribution in [0, 0.1) is 0 Å². The average molecular weight is 191 g/mol. The Morgan fingerprint density at radius 2 is 2.29 bits per heavy atom. The van der Waals surface area contributed by atoms with Crippen LogP contribution in [-0.4, -0.2) is 21.7 Å². The summed E-state index contributed by atoms with van der Waals surface area (Å²) in [5, 5.41) is 4.34. The van der Waals surface area contributed by atoms with E-state index in [0.29, 0.717) is 0 Å². The van der Waals surface area contributed by atoms with E-state index < -0.39 is 0 Å². The summed E-state index contributed by atoms with van der Waals surface area (Å²) in [7, 11) is 1.64. The van der Waals surface area contributed by atoms with Crippen LogP contribution in [0.15, 0.2) is 18.3 Å². The Hall–Kier alpha value is -1.58. The quantitative estimate of drug-likeness (QED) is 0.741. The fraction of sp³-hybridized carbons (Fsp3) is 0.400. The molecule has 0 bridgehead atoms. The highest BCUT2D eigenvalue weighted by atomic mass is 16.5. The molecule has 0 amide bonds. The van der Waals surface area contributed by atoms with Crippen LogP contribution in [0.5, 0.6) is 5.75 Å². The molecule has 0 spiro atoms. The van der Waals surface area contributed by atoms with Crippen molar-refractivity contribution >= 4 is 5.65 Å². The molecule has 0 unspecified atom stereocenters. The molecular formula is C10H13N3O. The minimum atomic E-state index is 0.797. The predicted molar refractivity (Wildman–Crippen MR) is 53.5 cm³/mol. The van der Waals surface area contributed by atoms with Crippen molar-refractivity contribution in [3.8, 4) is 5.75 Å². The van der Waals surface area contributed by atoms with Gasteiger partial charge in [-0.2, -0.15) is 5.10 Å². The molecule has 2 aromatic rings. The van der Waals surface area contributed by atoms with E-state index >= 15 is 0 Å². The Morgan fingerprint density at radius 3 is 3.00 bits per heavy atom. The van der Waals surface area contributed by atoms with E-state index in [4.69, 9.17) is 4.74 Å². The molecule has 0 aliphatic carbocycles. The minimum absolute atomic E-state index is 0.797. The van der Waals surface area contributed by atoms with E-state index in [9.17, 15) is 0 Å². The Bertz CT molecular complexity index is 436. The Labute approximate surface area is 82.5 Å². The molecule has 0 aliphatic rings. The van der Waals surface area contributed by atoms with Crippen LogP contribution < -0.4 is 4.74 Å². The van der Waals surface area contributed by atoms with Gasteiger partial charge in [0.2, 0.25) is 0 Å². The maximum atomic E-state index is 5.10. The number of aryl methyl sites for hydroxylation is 1. The van der Waals surface area contributed by atoms with Crippen LogP contribution in [0.4, 0.5) is 0 Å². The van der Waals surface area contributed by atoms with E-state index in [1.54, 1.807) is 11.6 Å². The number of pyridine rings is 1. The maximum Gasteiger partial charge on any atom is 0.155 e. The molecule has 0 saturated carbocycles. The normalized spacial score (nSPS) is 10.7. The predicted octanol–water partition coefficient (Wildman–Crippen LogP) is 1.69. The lowest BCUT2D eigenvalue weighted by Gasteiger charge is -1.97. The summed E-state index contributed by atoms with van der Waals surface area (Å²) < 4.78 is 6.86. The summed E-state index contributed by atoms with van der Waals surface area (Å²) >= 11 is 0. The highest BCUT2D eigenvalue weighted by molar-refractivity contribution is 5.40. The summed E-state index contributed by atoms with van der Waals surface area (Å²) in [6, 6.07) is 3.80. The van der Waals surface area contributed by atoms with E-state index in [-0.39, 0.29) is 0 Å². The number of hydrogen-bond acceptors (Lipinski definition) is 3. The second kappa shape index (κ2) is 3.65. The summed E-state index contributed by atoms with van der Waals surface area (Å²) in [5.41, 5.74) is 0.870. The summed E-state index contributed by atoms with van der Waals surface area (Å²) in [6.07, 6.45) is 3.82. The first-order valence-electron chi connectivity index (χ1n) is 4.73. The van der Waals surface area contributed by atoms with Gasteiger partial charge in [-0.25, -0.2) is 9.50 Å². The van der Waals surface area contributed by atoms with Gasteiger partial charge in [-0.3, -0.25) is 0 Å². The average Bonchev–Trinajstić information content (AvgIpc) is 2.59. The first-order chi connectivity index (χ1) is 6.83. The van der Waals surface area contributed by atoms with Crippen LogP contribution >= 0.6 is 0 Å². The lowest BCUT2D eigenvalue weighted by Crippen LogP contribution is -1.90. The van der Waals surface area contributed by atoms with E-state index in [0.717, 1.165) is 30.1 Å². The molecule has 2 aromatic heterocycles. The zero-order chi connectivity index (χ0) is 9.97. The zero-order valence-electron chi connectivity index (χ0n) is 8.40. The topological polar surface area (TPSA) is 39.4 Å². The zero-order valence-corrected chi connectivity index (χ0v) is 8.40. The summed E-state index contributed by atoms with van der Waals surface area (Å²) in [6.45, 7) is 2.12. The lowest BCUT2D eigenvalue weighted by atomic mass is 10.3. The molecule has 2 heterocycles. The van der Waals surface area contributed by atoms with E-state index in [2.05, 4.69) is 17.0 Å². The number of ether oxygens (including phenoxy) is 1. The van der Waals surface area contributed by atoms with Gasteiger partial charge in [0, 0.05) is 6.42 Å². The molecule has 4 nitrogen and oxygen atoms in total. The summed E-state index contributed by atoms with van der Waals surface area (Å²) in [5.74, 6) is 1.69. The first kappa shape index (κ1) is 8.99. The van der Waals surface area contributed by atoms with E-state index in [1.165, 1.54) is 0 Å². The van der Waals surface area contributed by atoms with Gasteiger partial charge in [0.25, 0.3) is 0 Å². The number of aromatic nitrogens is 3. The molecule has 74 valence electrons. The Kier molecular flexibility index (Phi) is 2.35. The van der Waals surface area contributed by atoms with Gasteiger partial charge in [0.1, 0.15) is 5.75 Å². The molecule has 0 saturated heterocycles. The van der Waals surface area contributed by atoms with Gasteiger partial charge < -0.3 is 4.74 Å². The van der Waals surface area contributed by atoms with Crippen LogP contribution in [0.25, 0.3) is 5.65 Å². The van der Waals surface area contributed by atoms with Crippen molar-refractivity contribution in [1.29, 1.82) is 0 Å². The number of methoxy groups -OCH3 is 1. The third kappa shape index (κ3) is 1.55. The Morgan fingerprint density at radius 1 is 1.43 bits per heavy atom. The van der Waals surface area contributed by atoms with Crippen LogP contribution in [-0.2, 0) is 6.42 Å². The van der Waals surface area contributed by atoms with Crippen molar-refractivity contribution in [3.05, 3.63) is 24.2 Å². The monoisotopic (exact) mass is 191 g/mol. The molecule has 14 heavy (non-hydrogen) atoms. The number of rotatable bonds is 3. The van der Waals surface area contributed by atoms with Crippen molar-refractivity contribution in [2.45, 2.75) is 19.8 Å². The molecular weight excluding hydrogens is 178 g/mol. The fourth-order valence-corrected chi connectivity index (χ4v) is 1.36. The standard InChI is InChI=1S/C10H13N3O/c1-3-4-9-11-10-6-5-8(14-2)7-13(10)12-9/h5-7H,3-4H2,1-2H3. The van der Waals surface area contributed by atoms with Crippen LogP contribution in [0.3, 0.4) is 0 Å². The van der Waals surface area contributed by atoms with Crippen molar-refractivity contribution in [1.82, 2.24) is 14.6 Å². The van der Waals surface area contributed by atoms with Crippen molar-refractivity contribution in [2.24, 2.45) is 0 Å². The highest BCUT2D eigenvalue weighted by Crippen LogP contribution is 2.11. The van der Waals surface area contributed by atoms with Gasteiger partial charge in [-0.05, 0) is 18.6 Å². The van der Waals surface area contributed by atoms with Crippen molar-refractivity contribution in [3.63, 3.8) is 0 Å². The second-order valence-electron chi connectivity index (χ2n) is 3.15. The molecule has 0 fully saturated rings. The first-order valence-corrected chi connectivity index (χ1v) is 4.73.